The Hall–Kier alpha value is -0.880. The summed E-state index contributed by atoms with van der Waals surface area (Å²) in [6.07, 6.45) is 2.03. The van der Waals surface area contributed by atoms with Crippen molar-refractivity contribution in [1.29, 1.82) is 0 Å². The van der Waals surface area contributed by atoms with E-state index in [-0.39, 0.29) is 5.69 Å². The van der Waals surface area contributed by atoms with Gasteiger partial charge in [0.05, 0.1) is 10.2 Å². The SMILES string of the molecule is O=C(O)c1n[nH]c(C2CCNCC2)c1Br. The van der Waals surface area contributed by atoms with Crippen LogP contribution in [0.2, 0.25) is 0 Å². The maximum Gasteiger partial charge on any atom is 0.357 e. The summed E-state index contributed by atoms with van der Waals surface area (Å²) >= 11 is 3.29. The number of carboxylic acids is 1. The highest BCUT2D eigenvalue weighted by Gasteiger charge is 2.24. The Labute approximate surface area is 95.4 Å². The third-order valence-corrected chi connectivity index (χ3v) is 3.49. The number of rotatable bonds is 2. The number of aromatic nitrogens is 2. The fourth-order valence-electron chi connectivity index (χ4n) is 1.86. The van der Waals surface area contributed by atoms with Crippen LogP contribution in [0.25, 0.3) is 0 Å². The van der Waals surface area contributed by atoms with Gasteiger partial charge in [-0.1, -0.05) is 0 Å². The molecule has 1 aliphatic rings. The fourth-order valence-corrected chi connectivity index (χ4v) is 2.54. The van der Waals surface area contributed by atoms with Crippen LogP contribution < -0.4 is 5.32 Å². The molecule has 0 spiro atoms. The van der Waals surface area contributed by atoms with E-state index in [1.54, 1.807) is 0 Å². The van der Waals surface area contributed by atoms with E-state index in [2.05, 4.69) is 31.4 Å². The molecule has 2 rings (SSSR count). The number of carbonyl (C=O) groups is 1. The number of H-pyrrole nitrogens is 1. The zero-order valence-corrected chi connectivity index (χ0v) is 9.67. The minimum absolute atomic E-state index is 0.0727. The van der Waals surface area contributed by atoms with Crippen LogP contribution in [0, 0.1) is 0 Å². The Balaban J connectivity index is 2.24. The number of aromatic amines is 1. The molecule has 6 heteroatoms. The second-order valence-corrected chi connectivity index (χ2v) is 4.42. The number of hydrogen-bond donors (Lipinski definition) is 3. The zero-order valence-electron chi connectivity index (χ0n) is 8.09. The summed E-state index contributed by atoms with van der Waals surface area (Å²) < 4.78 is 0.599. The Bertz CT molecular complexity index is 371. The van der Waals surface area contributed by atoms with Crippen LogP contribution in [-0.2, 0) is 0 Å². The average molecular weight is 274 g/mol. The highest BCUT2D eigenvalue weighted by atomic mass is 79.9. The number of halogens is 1. The van der Waals surface area contributed by atoms with E-state index >= 15 is 0 Å². The molecule has 1 aliphatic heterocycles. The molecule has 0 aromatic carbocycles. The van der Waals surface area contributed by atoms with E-state index in [9.17, 15) is 4.79 Å². The van der Waals surface area contributed by atoms with Crippen LogP contribution in [0.1, 0.15) is 34.9 Å². The van der Waals surface area contributed by atoms with Crippen molar-refractivity contribution in [2.24, 2.45) is 0 Å². The van der Waals surface area contributed by atoms with E-state index < -0.39 is 5.97 Å². The van der Waals surface area contributed by atoms with Gasteiger partial charge in [0.15, 0.2) is 5.69 Å². The highest BCUT2D eigenvalue weighted by Crippen LogP contribution is 2.31. The van der Waals surface area contributed by atoms with Crippen LogP contribution in [0.15, 0.2) is 4.47 Å². The van der Waals surface area contributed by atoms with Gasteiger partial charge < -0.3 is 10.4 Å². The molecule has 1 saturated heterocycles. The van der Waals surface area contributed by atoms with E-state index in [1.165, 1.54) is 0 Å². The second kappa shape index (κ2) is 4.32. The van der Waals surface area contributed by atoms with Gasteiger partial charge >= 0.3 is 5.97 Å². The number of aromatic carboxylic acids is 1. The minimum Gasteiger partial charge on any atom is -0.476 e. The van der Waals surface area contributed by atoms with Gasteiger partial charge in [0.2, 0.25) is 0 Å². The summed E-state index contributed by atoms with van der Waals surface area (Å²) in [7, 11) is 0. The van der Waals surface area contributed by atoms with Gasteiger partial charge in [-0.05, 0) is 41.9 Å². The quantitative estimate of drug-likeness (QED) is 0.760. The lowest BCUT2D eigenvalue weighted by molar-refractivity contribution is 0.0689. The molecule has 1 fully saturated rings. The van der Waals surface area contributed by atoms with Crippen molar-refractivity contribution in [3.05, 3.63) is 15.9 Å². The molecule has 1 aromatic rings. The lowest BCUT2D eigenvalue weighted by Crippen LogP contribution is -2.26. The van der Waals surface area contributed by atoms with Crippen LogP contribution >= 0.6 is 15.9 Å². The number of carboxylic acid groups (broad SMARTS) is 1. The third-order valence-electron chi connectivity index (χ3n) is 2.68. The first-order valence-corrected chi connectivity index (χ1v) is 5.67. The van der Waals surface area contributed by atoms with Crippen molar-refractivity contribution < 1.29 is 9.90 Å². The van der Waals surface area contributed by atoms with Crippen molar-refractivity contribution in [3.8, 4) is 0 Å². The zero-order chi connectivity index (χ0) is 10.8. The highest BCUT2D eigenvalue weighted by molar-refractivity contribution is 9.10. The molecule has 82 valence electrons. The molecule has 0 atom stereocenters. The Morgan fingerprint density at radius 3 is 2.67 bits per heavy atom. The lowest BCUT2D eigenvalue weighted by Gasteiger charge is -2.21. The Morgan fingerprint density at radius 2 is 2.13 bits per heavy atom. The fraction of sp³-hybridized carbons (Fsp3) is 0.556. The predicted molar refractivity (Wildman–Crippen MR) is 58.1 cm³/mol. The van der Waals surface area contributed by atoms with E-state index in [1.807, 2.05) is 0 Å². The summed E-state index contributed by atoms with van der Waals surface area (Å²) in [6, 6.07) is 0. The number of hydrogen-bond acceptors (Lipinski definition) is 3. The largest absolute Gasteiger partial charge is 0.476 e. The van der Waals surface area contributed by atoms with Gasteiger partial charge in [0, 0.05) is 5.92 Å². The summed E-state index contributed by atoms with van der Waals surface area (Å²) in [5.41, 5.74) is 0.984. The Morgan fingerprint density at radius 1 is 1.47 bits per heavy atom. The molecule has 0 unspecified atom stereocenters. The monoisotopic (exact) mass is 273 g/mol. The van der Waals surface area contributed by atoms with Crippen LogP contribution in [0.5, 0.6) is 0 Å². The number of nitrogens with one attached hydrogen (secondary N) is 2. The summed E-state index contributed by atoms with van der Waals surface area (Å²) in [6.45, 7) is 1.94. The van der Waals surface area contributed by atoms with Gasteiger partial charge in [-0.15, -0.1) is 0 Å². The van der Waals surface area contributed by atoms with Gasteiger partial charge in [-0.3, -0.25) is 5.10 Å². The first kappa shape index (κ1) is 10.6. The number of piperidine rings is 1. The summed E-state index contributed by atoms with van der Waals surface area (Å²) in [5.74, 6) is -0.625. The van der Waals surface area contributed by atoms with E-state index in [0.29, 0.717) is 10.4 Å². The van der Waals surface area contributed by atoms with Crippen LogP contribution in [0.3, 0.4) is 0 Å². The molecule has 3 N–H and O–H groups in total. The standard InChI is InChI=1S/C9H12BrN3O2/c10-6-7(5-1-3-11-4-2-5)12-13-8(6)9(14)15/h5,11H,1-4H2,(H,12,13)(H,14,15). The average Bonchev–Trinajstić information content (AvgIpc) is 2.61. The van der Waals surface area contributed by atoms with Gasteiger partial charge in [-0.25, -0.2) is 4.79 Å². The van der Waals surface area contributed by atoms with E-state index in [4.69, 9.17) is 5.11 Å². The lowest BCUT2D eigenvalue weighted by atomic mass is 9.94. The van der Waals surface area contributed by atoms with E-state index in [0.717, 1.165) is 31.6 Å². The normalized spacial score (nSPS) is 17.9. The van der Waals surface area contributed by atoms with Crippen LogP contribution in [0.4, 0.5) is 0 Å². The minimum atomic E-state index is -1.00. The molecule has 5 nitrogen and oxygen atoms in total. The molecule has 0 radical (unpaired) electrons. The van der Waals surface area contributed by atoms with Gasteiger partial charge in [0.1, 0.15) is 0 Å². The topological polar surface area (TPSA) is 78.0 Å². The maximum atomic E-state index is 10.8. The van der Waals surface area contributed by atoms with Gasteiger partial charge in [-0.2, -0.15) is 5.10 Å². The van der Waals surface area contributed by atoms with Gasteiger partial charge in [0.25, 0.3) is 0 Å². The van der Waals surface area contributed by atoms with Crippen molar-refractivity contribution in [2.75, 3.05) is 13.1 Å². The first-order chi connectivity index (χ1) is 7.20. The Kier molecular flexibility index (Phi) is 3.06. The third kappa shape index (κ3) is 2.05. The van der Waals surface area contributed by atoms with Crippen molar-refractivity contribution in [1.82, 2.24) is 15.5 Å². The van der Waals surface area contributed by atoms with Crippen molar-refractivity contribution in [2.45, 2.75) is 18.8 Å². The smallest absolute Gasteiger partial charge is 0.357 e. The molecule has 0 saturated carbocycles. The molecular weight excluding hydrogens is 262 g/mol. The second-order valence-electron chi connectivity index (χ2n) is 3.63. The van der Waals surface area contributed by atoms with Crippen molar-refractivity contribution in [3.63, 3.8) is 0 Å². The molecule has 0 aliphatic carbocycles. The maximum absolute atomic E-state index is 10.8. The molecule has 2 heterocycles. The molecule has 0 amide bonds. The predicted octanol–water partition coefficient (Wildman–Crippen LogP) is 1.34. The molecule has 1 aromatic heterocycles. The summed E-state index contributed by atoms with van der Waals surface area (Å²) in [4.78, 5) is 10.8. The first-order valence-electron chi connectivity index (χ1n) is 4.88. The molecule has 15 heavy (non-hydrogen) atoms. The molecular formula is C9H12BrN3O2. The van der Waals surface area contributed by atoms with Crippen LogP contribution in [-0.4, -0.2) is 34.4 Å². The summed E-state index contributed by atoms with van der Waals surface area (Å²) in [5, 5.41) is 18.7. The van der Waals surface area contributed by atoms with Crippen molar-refractivity contribution >= 4 is 21.9 Å². The number of nitrogens with zero attached hydrogens (tertiary/aromatic N) is 1. The molecule has 0 bridgehead atoms.